The number of amides is 2. The molecule has 0 unspecified atom stereocenters. The van der Waals surface area contributed by atoms with Crippen LogP contribution in [0.15, 0.2) is 71.2 Å². The van der Waals surface area contributed by atoms with Crippen LogP contribution in [0.3, 0.4) is 0 Å². The van der Waals surface area contributed by atoms with E-state index < -0.39 is 0 Å². The van der Waals surface area contributed by atoms with Crippen molar-refractivity contribution in [2.24, 2.45) is 13.0 Å². The first-order valence-electron chi connectivity index (χ1n) is 11.1. The van der Waals surface area contributed by atoms with Crippen LogP contribution in [-0.2, 0) is 11.8 Å². The van der Waals surface area contributed by atoms with E-state index in [0.29, 0.717) is 21.7 Å². The highest BCUT2D eigenvalue weighted by Crippen LogP contribution is 2.26. The molecule has 0 saturated heterocycles. The molecule has 35 heavy (non-hydrogen) atoms. The van der Waals surface area contributed by atoms with E-state index in [0.717, 1.165) is 11.3 Å². The fourth-order valence-corrected chi connectivity index (χ4v) is 4.88. The molecule has 0 radical (unpaired) electrons. The number of anilines is 1. The van der Waals surface area contributed by atoms with Crippen LogP contribution >= 0.6 is 23.1 Å². The minimum atomic E-state index is -0.324. The Hall–Kier alpha value is -3.50. The lowest BCUT2D eigenvalue weighted by atomic mass is 10.0. The van der Waals surface area contributed by atoms with Crippen molar-refractivity contribution >= 4 is 40.0 Å². The molecule has 0 fully saturated rings. The van der Waals surface area contributed by atoms with Crippen molar-refractivity contribution in [2.45, 2.75) is 25.0 Å². The summed E-state index contributed by atoms with van der Waals surface area (Å²) in [6.07, 6.45) is 0. The first-order valence-corrected chi connectivity index (χ1v) is 13.0. The second-order valence-corrected chi connectivity index (χ2v) is 10.0. The van der Waals surface area contributed by atoms with Crippen molar-refractivity contribution in [3.05, 3.63) is 77.4 Å². The number of nitrogens with zero attached hydrogens (tertiary/aromatic N) is 4. The van der Waals surface area contributed by atoms with Crippen molar-refractivity contribution in [3.63, 3.8) is 0 Å². The van der Waals surface area contributed by atoms with E-state index in [1.54, 1.807) is 12.1 Å². The normalized spacial score (nSPS) is 11.9. The maximum absolute atomic E-state index is 12.7. The molecule has 4 rings (SSSR count). The Balaban J connectivity index is 1.37. The molecule has 10 heteroatoms. The Morgan fingerprint density at radius 1 is 1.03 bits per heavy atom. The average molecular weight is 507 g/mol. The van der Waals surface area contributed by atoms with Crippen molar-refractivity contribution in [3.8, 4) is 11.3 Å². The molecule has 0 aliphatic heterocycles. The zero-order valence-electron chi connectivity index (χ0n) is 19.6. The summed E-state index contributed by atoms with van der Waals surface area (Å²) in [4.78, 5) is 29.7. The number of thioether (sulfide) groups is 1. The number of hydrogen-bond acceptors (Lipinski definition) is 7. The van der Waals surface area contributed by atoms with E-state index in [-0.39, 0.29) is 29.5 Å². The molecule has 180 valence electrons. The van der Waals surface area contributed by atoms with Gasteiger partial charge in [-0.2, -0.15) is 0 Å². The third-order valence-corrected chi connectivity index (χ3v) is 7.07. The number of hydrogen-bond donors (Lipinski definition) is 2. The lowest BCUT2D eigenvalue weighted by Crippen LogP contribution is -2.33. The molecule has 1 atom stereocenters. The van der Waals surface area contributed by atoms with Crippen LogP contribution in [0.25, 0.3) is 11.3 Å². The standard InChI is InChI=1S/C25H26N6O2S2/c1-16(2)21(28-23(33)18-12-8-5-9-13-18)22-29-30-25(31(22)3)35-15-20(32)27-24-26-19(14-34-24)17-10-6-4-7-11-17/h4-14,16,21H,15H2,1-3H3,(H,28,33)(H,26,27,32)/t21-/m1/s1. The molecule has 4 aromatic rings. The smallest absolute Gasteiger partial charge is 0.251 e. The quantitative estimate of drug-likeness (QED) is 0.316. The molecular weight excluding hydrogens is 480 g/mol. The topological polar surface area (TPSA) is 102 Å². The van der Waals surface area contributed by atoms with Crippen molar-refractivity contribution < 1.29 is 9.59 Å². The number of thiazole rings is 1. The molecular formula is C25H26N6O2S2. The largest absolute Gasteiger partial charge is 0.342 e. The summed E-state index contributed by atoms with van der Waals surface area (Å²) in [5, 5.41) is 17.5. The van der Waals surface area contributed by atoms with Gasteiger partial charge >= 0.3 is 0 Å². The van der Waals surface area contributed by atoms with Crippen molar-refractivity contribution in [1.82, 2.24) is 25.1 Å². The molecule has 8 nitrogen and oxygen atoms in total. The maximum Gasteiger partial charge on any atom is 0.251 e. The zero-order chi connectivity index (χ0) is 24.8. The average Bonchev–Trinajstić information content (AvgIpc) is 3.48. The van der Waals surface area contributed by atoms with Crippen molar-refractivity contribution in [1.29, 1.82) is 0 Å². The van der Waals surface area contributed by atoms with Crippen LogP contribution in [0.4, 0.5) is 5.13 Å². The van der Waals surface area contributed by atoms with Crippen LogP contribution in [-0.4, -0.2) is 37.3 Å². The highest BCUT2D eigenvalue weighted by molar-refractivity contribution is 7.99. The van der Waals surface area contributed by atoms with E-state index in [9.17, 15) is 9.59 Å². The van der Waals surface area contributed by atoms with Crippen LogP contribution in [0.5, 0.6) is 0 Å². The number of carbonyl (C=O) groups excluding carboxylic acids is 2. The van der Waals surface area contributed by atoms with Gasteiger partial charge in [-0.25, -0.2) is 4.98 Å². The van der Waals surface area contributed by atoms with E-state index in [2.05, 4.69) is 25.8 Å². The Morgan fingerprint density at radius 2 is 1.71 bits per heavy atom. The number of aromatic nitrogens is 4. The molecule has 2 heterocycles. The third kappa shape index (κ3) is 6.14. The van der Waals surface area contributed by atoms with Gasteiger partial charge in [0.2, 0.25) is 5.91 Å². The number of rotatable bonds is 9. The van der Waals surface area contributed by atoms with E-state index >= 15 is 0 Å². The van der Waals surface area contributed by atoms with Gasteiger partial charge in [0.25, 0.3) is 5.91 Å². The second-order valence-electron chi connectivity index (χ2n) is 8.20. The Kier molecular flexibility index (Phi) is 7.94. The SMILES string of the molecule is CC(C)[C@@H](NC(=O)c1ccccc1)c1nnc(SCC(=O)Nc2nc(-c3ccccc3)cs2)n1C. The minimum absolute atomic E-state index is 0.0930. The summed E-state index contributed by atoms with van der Waals surface area (Å²) >= 11 is 2.67. The summed E-state index contributed by atoms with van der Waals surface area (Å²) in [5.74, 6) is 0.551. The Morgan fingerprint density at radius 3 is 2.40 bits per heavy atom. The Labute approximate surface area is 212 Å². The first-order chi connectivity index (χ1) is 16.9. The molecule has 0 spiro atoms. The van der Waals surface area contributed by atoms with E-state index in [1.807, 2.05) is 79.4 Å². The van der Waals surface area contributed by atoms with Gasteiger partial charge < -0.3 is 15.2 Å². The summed E-state index contributed by atoms with van der Waals surface area (Å²) in [7, 11) is 1.84. The molecule has 2 amide bonds. The second kappa shape index (κ2) is 11.3. The minimum Gasteiger partial charge on any atom is -0.342 e. The summed E-state index contributed by atoms with van der Waals surface area (Å²) < 4.78 is 1.82. The predicted molar refractivity (Wildman–Crippen MR) is 139 cm³/mol. The molecule has 2 aromatic carbocycles. The highest BCUT2D eigenvalue weighted by Gasteiger charge is 2.25. The van der Waals surface area contributed by atoms with Gasteiger partial charge in [0.05, 0.1) is 17.5 Å². The lowest BCUT2D eigenvalue weighted by molar-refractivity contribution is -0.113. The summed E-state index contributed by atoms with van der Waals surface area (Å²) in [6, 6.07) is 18.6. The molecule has 0 bridgehead atoms. The van der Waals surface area contributed by atoms with E-state index in [1.165, 1.54) is 23.1 Å². The van der Waals surface area contributed by atoms with Gasteiger partial charge in [0, 0.05) is 23.6 Å². The Bertz CT molecular complexity index is 1290. The zero-order valence-corrected chi connectivity index (χ0v) is 21.3. The van der Waals surface area contributed by atoms with E-state index in [4.69, 9.17) is 0 Å². The van der Waals surface area contributed by atoms with Crippen LogP contribution in [0, 0.1) is 5.92 Å². The van der Waals surface area contributed by atoms with Gasteiger partial charge in [-0.05, 0) is 18.1 Å². The maximum atomic E-state index is 12.7. The number of benzene rings is 2. The molecule has 0 aliphatic rings. The summed E-state index contributed by atoms with van der Waals surface area (Å²) in [5.41, 5.74) is 2.42. The van der Waals surface area contributed by atoms with Crippen LogP contribution < -0.4 is 10.6 Å². The monoisotopic (exact) mass is 506 g/mol. The lowest BCUT2D eigenvalue weighted by Gasteiger charge is -2.21. The number of nitrogens with one attached hydrogen (secondary N) is 2. The third-order valence-electron chi connectivity index (χ3n) is 5.29. The molecule has 2 N–H and O–H groups in total. The van der Waals surface area contributed by atoms with Gasteiger partial charge in [0.15, 0.2) is 16.1 Å². The predicted octanol–water partition coefficient (Wildman–Crippen LogP) is 4.80. The fourth-order valence-electron chi connectivity index (χ4n) is 3.42. The number of carbonyl (C=O) groups is 2. The van der Waals surface area contributed by atoms with Gasteiger partial charge in [-0.3, -0.25) is 9.59 Å². The van der Waals surface area contributed by atoms with Gasteiger partial charge in [0.1, 0.15) is 0 Å². The van der Waals surface area contributed by atoms with Crippen LogP contribution in [0.2, 0.25) is 0 Å². The molecule has 0 aliphatic carbocycles. The molecule has 0 saturated carbocycles. The molecule has 2 aromatic heterocycles. The van der Waals surface area contributed by atoms with Gasteiger partial charge in [-0.1, -0.05) is 74.1 Å². The fraction of sp³-hybridized carbons (Fsp3) is 0.240. The first kappa shape index (κ1) is 24.6. The highest BCUT2D eigenvalue weighted by atomic mass is 32.2. The summed E-state index contributed by atoms with van der Waals surface area (Å²) in [6.45, 7) is 4.03. The van der Waals surface area contributed by atoms with Crippen molar-refractivity contribution in [2.75, 3.05) is 11.1 Å². The van der Waals surface area contributed by atoms with Crippen LogP contribution in [0.1, 0.15) is 36.1 Å². The van der Waals surface area contributed by atoms with Gasteiger partial charge in [-0.15, -0.1) is 21.5 Å².